The molecule has 0 radical (unpaired) electrons. The average Bonchev–Trinajstić information content (AvgIpc) is 1.01. The molecule has 0 aliphatic rings. The maximum Gasteiger partial charge on any atom is 0.361 e. The molecular formula is C94H146NO8+. The first kappa shape index (κ1) is 96.1. The van der Waals surface area contributed by atoms with E-state index >= 15 is 0 Å². The zero-order valence-electron chi connectivity index (χ0n) is 65.6. The molecule has 0 saturated carbocycles. The number of hydrogen-bond acceptors (Lipinski definition) is 7. The molecule has 0 saturated heterocycles. The van der Waals surface area contributed by atoms with E-state index in [1.165, 1.54) is 57.8 Å². The molecule has 0 fully saturated rings. The Morgan fingerprint density at radius 2 is 0.524 bits per heavy atom. The molecule has 9 heteroatoms. The third kappa shape index (κ3) is 82.3. The van der Waals surface area contributed by atoms with Gasteiger partial charge in [0, 0.05) is 12.8 Å². The Balaban J connectivity index is 4.21. The fourth-order valence-corrected chi connectivity index (χ4v) is 10.1. The maximum atomic E-state index is 13.0. The third-order valence-electron chi connectivity index (χ3n) is 16.1. The van der Waals surface area contributed by atoms with Crippen molar-refractivity contribution in [3.8, 4) is 0 Å². The summed E-state index contributed by atoms with van der Waals surface area (Å²) in [7, 11) is 5.96. The average molecular weight is 1420 g/mol. The van der Waals surface area contributed by atoms with Gasteiger partial charge in [-0.2, -0.15) is 0 Å². The molecule has 0 aromatic rings. The minimum atomic E-state index is -1.54. The minimum absolute atomic E-state index is 0.169. The number of rotatable bonds is 71. The standard InChI is InChI=1S/C94H145NO8/c1-6-8-10-12-14-16-18-20-22-24-26-28-30-32-34-36-38-40-42-44-45-46-47-49-51-53-55-57-59-61-63-65-67-69-71-73-75-77-79-81-83-85-92(97)103-90(89-102-94(93(98)99)100-87-86-95(3,4)5)88-101-91(96)84-82-80-78-76-74-72-70-68-66-64-62-60-58-56-54-52-50-48-43-41-39-37-35-33-31-29-27-25-23-21-19-17-15-13-11-9-7-2/h8-11,14-17,20-23,26-29,32-35,38-41,44-45,47-50,53-56,59,61,65,67,71,73,90,94H,6-7,12-13,18-19,24-25,30-31,36-37,42-43,46,51-52,57-58,60,62-64,66,68-70,72,74-89H2,1-5H3/p+1/b10-8-,11-9-,16-14-,17-15-,22-20-,23-21-,28-26-,29-27-,34-32-,35-33-,40-38-,41-39-,45-44-,49-47-,50-48-,55-53-,56-54-,61-59-,67-65-,73-71-. The smallest absolute Gasteiger partial charge is 0.361 e. The minimum Gasteiger partial charge on any atom is -0.477 e. The van der Waals surface area contributed by atoms with Crippen LogP contribution in [0, 0.1) is 0 Å². The van der Waals surface area contributed by atoms with E-state index in [2.05, 4.69) is 257 Å². The predicted molar refractivity (Wildman–Crippen MR) is 446 cm³/mol. The van der Waals surface area contributed by atoms with Gasteiger partial charge < -0.3 is 28.5 Å². The lowest BCUT2D eigenvalue weighted by molar-refractivity contribution is -0.870. The Morgan fingerprint density at radius 3 is 0.777 bits per heavy atom. The summed E-state index contributed by atoms with van der Waals surface area (Å²) in [6.45, 7) is 4.59. The van der Waals surface area contributed by atoms with Gasteiger partial charge >= 0.3 is 17.9 Å². The van der Waals surface area contributed by atoms with Gasteiger partial charge in [0.05, 0.1) is 34.4 Å². The highest BCUT2D eigenvalue weighted by Crippen LogP contribution is 2.16. The number of esters is 2. The molecule has 0 aliphatic heterocycles. The van der Waals surface area contributed by atoms with Crippen LogP contribution < -0.4 is 0 Å². The Morgan fingerprint density at radius 1 is 0.291 bits per heavy atom. The van der Waals surface area contributed by atoms with E-state index in [9.17, 15) is 19.5 Å². The first-order valence-corrected chi connectivity index (χ1v) is 40.2. The van der Waals surface area contributed by atoms with E-state index in [4.69, 9.17) is 18.9 Å². The van der Waals surface area contributed by atoms with E-state index < -0.39 is 24.3 Å². The topological polar surface area (TPSA) is 108 Å². The second-order valence-corrected chi connectivity index (χ2v) is 26.9. The molecule has 2 atom stereocenters. The van der Waals surface area contributed by atoms with Crippen molar-refractivity contribution in [1.82, 2.24) is 0 Å². The molecule has 0 amide bonds. The van der Waals surface area contributed by atoms with Crippen molar-refractivity contribution in [2.75, 3.05) is 47.5 Å². The molecule has 0 aliphatic carbocycles. The molecule has 9 nitrogen and oxygen atoms in total. The highest BCUT2D eigenvalue weighted by atomic mass is 16.7. The number of carbonyl (C=O) groups excluding carboxylic acids is 2. The van der Waals surface area contributed by atoms with E-state index in [0.29, 0.717) is 17.4 Å². The lowest BCUT2D eigenvalue weighted by Gasteiger charge is -2.25. The van der Waals surface area contributed by atoms with Gasteiger partial charge in [-0.15, -0.1) is 0 Å². The number of aliphatic carboxylic acids is 1. The summed E-state index contributed by atoms with van der Waals surface area (Å²) in [5.41, 5.74) is 0. The van der Waals surface area contributed by atoms with Crippen LogP contribution in [0.15, 0.2) is 243 Å². The fraction of sp³-hybridized carbons (Fsp3) is 0.543. The lowest BCUT2D eigenvalue weighted by Crippen LogP contribution is -2.40. The molecule has 1 N–H and O–H groups in total. The van der Waals surface area contributed by atoms with Gasteiger partial charge in [-0.25, -0.2) is 4.79 Å². The molecule has 0 bridgehead atoms. The van der Waals surface area contributed by atoms with Gasteiger partial charge in [-0.1, -0.05) is 334 Å². The number of hydrogen-bond donors (Lipinski definition) is 1. The summed E-state index contributed by atoms with van der Waals surface area (Å²) in [6.07, 6.45) is 127. The Hall–Kier alpha value is -6.91. The number of unbranched alkanes of at least 4 members (excludes halogenated alkanes) is 16. The van der Waals surface area contributed by atoms with Crippen LogP contribution in [0.4, 0.5) is 0 Å². The number of carboxylic acid groups (broad SMARTS) is 1. The number of carbonyl (C=O) groups is 3. The summed E-state index contributed by atoms with van der Waals surface area (Å²) in [6, 6.07) is 0. The summed E-state index contributed by atoms with van der Waals surface area (Å²) in [5, 5.41) is 9.78. The Labute approximate surface area is 631 Å². The number of carboxylic acids is 1. The number of allylic oxidation sites excluding steroid dienone is 40. The largest absolute Gasteiger partial charge is 0.477 e. The zero-order chi connectivity index (χ0) is 74.6. The van der Waals surface area contributed by atoms with Crippen LogP contribution in [0.25, 0.3) is 0 Å². The SMILES string of the molecule is CC/C=C\C/C=C\C/C=C\C/C=C\C/C=C\C/C=C\C/C=C\C/C=C\C/C=C\C/C=C\C/C=C\C/C=C\CCCCCCC(=O)OC(COC(=O)CCCCCCCCCCCCCC/C=C\C/C=C\C/C=C\C/C=C\C/C=C\C/C=C\C/C=C\C/C=C\CC)COC(OCC[N+](C)(C)C)C(=O)O. The van der Waals surface area contributed by atoms with Crippen molar-refractivity contribution in [3.05, 3.63) is 243 Å². The highest BCUT2D eigenvalue weighted by Gasteiger charge is 2.25. The summed E-state index contributed by atoms with van der Waals surface area (Å²) >= 11 is 0. The molecular weight excluding hydrogens is 1270 g/mol. The van der Waals surface area contributed by atoms with Crippen LogP contribution in [0.3, 0.4) is 0 Å². The van der Waals surface area contributed by atoms with Crippen LogP contribution in [0.2, 0.25) is 0 Å². The fourth-order valence-electron chi connectivity index (χ4n) is 10.1. The molecule has 2 unspecified atom stereocenters. The first-order chi connectivity index (χ1) is 50.6. The quantitative estimate of drug-likeness (QED) is 0.0211. The van der Waals surface area contributed by atoms with Crippen LogP contribution >= 0.6 is 0 Å². The van der Waals surface area contributed by atoms with Gasteiger partial charge in [-0.05, 0) is 167 Å². The molecule has 0 heterocycles. The van der Waals surface area contributed by atoms with E-state index in [1.807, 2.05) is 21.1 Å². The third-order valence-corrected chi connectivity index (χ3v) is 16.1. The van der Waals surface area contributed by atoms with Gasteiger partial charge in [0.15, 0.2) is 6.10 Å². The van der Waals surface area contributed by atoms with Crippen molar-refractivity contribution in [2.45, 2.75) is 283 Å². The van der Waals surface area contributed by atoms with Crippen molar-refractivity contribution in [2.24, 2.45) is 0 Å². The van der Waals surface area contributed by atoms with Crippen molar-refractivity contribution >= 4 is 17.9 Å². The number of nitrogens with zero attached hydrogens (tertiary/aromatic N) is 1. The number of quaternary nitrogens is 1. The predicted octanol–water partition coefficient (Wildman–Crippen LogP) is 26.4. The maximum absolute atomic E-state index is 13.0. The first-order valence-electron chi connectivity index (χ1n) is 40.2. The second kappa shape index (κ2) is 80.8. The Bertz CT molecular complexity index is 2610. The van der Waals surface area contributed by atoms with Crippen LogP contribution in [-0.4, -0.2) is 87.4 Å². The Kier molecular flexibility index (Phi) is 75.4. The van der Waals surface area contributed by atoms with Gasteiger partial charge in [0.2, 0.25) is 0 Å². The number of ether oxygens (including phenoxy) is 4. The normalized spacial score (nSPS) is 14.0. The van der Waals surface area contributed by atoms with E-state index in [-0.39, 0.29) is 38.6 Å². The number of likely N-dealkylation sites (N-methyl/N-ethyl adjacent to an activating group) is 1. The highest BCUT2D eigenvalue weighted by molar-refractivity contribution is 5.71. The molecule has 0 spiro atoms. The van der Waals surface area contributed by atoms with E-state index in [0.717, 1.165) is 180 Å². The summed E-state index contributed by atoms with van der Waals surface area (Å²) in [4.78, 5) is 37.7. The van der Waals surface area contributed by atoms with Crippen LogP contribution in [0.5, 0.6) is 0 Å². The van der Waals surface area contributed by atoms with Crippen molar-refractivity contribution in [1.29, 1.82) is 0 Å². The lowest BCUT2D eigenvalue weighted by atomic mass is 10.0. The zero-order valence-corrected chi connectivity index (χ0v) is 65.6. The van der Waals surface area contributed by atoms with Crippen molar-refractivity contribution in [3.63, 3.8) is 0 Å². The van der Waals surface area contributed by atoms with Gasteiger partial charge in [0.25, 0.3) is 6.29 Å². The molecule has 0 aromatic carbocycles. The molecule has 0 rings (SSSR count). The molecule has 103 heavy (non-hydrogen) atoms. The van der Waals surface area contributed by atoms with Gasteiger partial charge in [-0.3, -0.25) is 9.59 Å². The molecule has 574 valence electrons. The van der Waals surface area contributed by atoms with Crippen molar-refractivity contribution < 1.29 is 42.9 Å². The van der Waals surface area contributed by atoms with Crippen LogP contribution in [0.1, 0.15) is 271 Å². The van der Waals surface area contributed by atoms with E-state index in [1.54, 1.807) is 0 Å². The second-order valence-electron chi connectivity index (χ2n) is 26.9. The van der Waals surface area contributed by atoms with Crippen LogP contribution in [-0.2, 0) is 33.3 Å². The summed E-state index contributed by atoms with van der Waals surface area (Å²) < 4.78 is 23.0. The van der Waals surface area contributed by atoms with Gasteiger partial charge in [0.1, 0.15) is 13.2 Å². The summed E-state index contributed by atoms with van der Waals surface area (Å²) in [5.74, 6) is -2.07. The molecule has 0 aromatic heterocycles. The monoisotopic (exact) mass is 1420 g/mol.